The summed E-state index contributed by atoms with van der Waals surface area (Å²) in [5, 5.41) is 0. The number of nitrogens with zero attached hydrogens (tertiary/aromatic N) is 4. The summed E-state index contributed by atoms with van der Waals surface area (Å²) < 4.78 is 24.0. The van der Waals surface area contributed by atoms with Crippen molar-refractivity contribution in [3.63, 3.8) is 0 Å². The van der Waals surface area contributed by atoms with E-state index >= 15 is 0 Å². The molecule has 4 aliphatic heterocycles. The van der Waals surface area contributed by atoms with Gasteiger partial charge >= 0.3 is 12.2 Å². The summed E-state index contributed by atoms with van der Waals surface area (Å²) in [7, 11) is 0. The number of hydrogen-bond donors (Lipinski definition) is 1. The number of amides is 2. The number of aliphatic imine (C=N–C) groups is 1. The normalized spacial score (nSPS) is 20.6. The number of H-pyrrole nitrogens is 1. The van der Waals surface area contributed by atoms with Crippen LogP contribution in [-0.2, 0) is 9.47 Å². The molecule has 0 aliphatic carbocycles. The van der Waals surface area contributed by atoms with E-state index in [0.717, 1.165) is 88.7 Å². The van der Waals surface area contributed by atoms with Crippen molar-refractivity contribution in [1.82, 2.24) is 19.8 Å². The maximum absolute atomic E-state index is 12.9. The fraction of sp³-hybridized carbons (Fsp3) is 0.500. The van der Waals surface area contributed by atoms with Crippen LogP contribution >= 0.6 is 0 Å². The molecule has 0 bridgehead atoms. The van der Waals surface area contributed by atoms with Crippen LogP contribution in [0.1, 0.15) is 97.5 Å². The van der Waals surface area contributed by atoms with Crippen LogP contribution in [0, 0.1) is 0 Å². The molecule has 4 aliphatic rings. The lowest BCUT2D eigenvalue weighted by atomic mass is 9.95. The Morgan fingerprint density at radius 3 is 1.98 bits per heavy atom. The molecule has 3 aromatic rings. The highest BCUT2D eigenvalue weighted by atomic mass is 16.6. The zero-order chi connectivity index (χ0) is 35.9. The number of allylic oxidation sites excluding steroid dienone is 1. The number of benzene rings is 2. The summed E-state index contributed by atoms with van der Waals surface area (Å²) in [6.07, 6.45) is 8.12. The van der Waals surface area contributed by atoms with Crippen molar-refractivity contribution in [2.45, 2.75) is 103 Å². The van der Waals surface area contributed by atoms with Crippen molar-refractivity contribution in [3.05, 3.63) is 60.2 Å². The van der Waals surface area contributed by atoms with Crippen molar-refractivity contribution < 1.29 is 28.5 Å². The number of carbonyl (C=O) groups excluding carboxylic acids is 2. The quantitative estimate of drug-likeness (QED) is 0.291. The number of carbonyl (C=O) groups is 2. The molecule has 11 nitrogen and oxygen atoms in total. The first kappa shape index (κ1) is 34.6. The number of fused-ring (bicyclic) bond motifs is 3. The molecule has 0 spiro atoms. The topological polar surface area (TPSA) is 119 Å². The molecule has 5 heterocycles. The fourth-order valence-electron chi connectivity index (χ4n) is 7.24. The lowest BCUT2D eigenvalue weighted by molar-refractivity contribution is 0.0216. The van der Waals surface area contributed by atoms with Crippen molar-refractivity contribution in [2.75, 3.05) is 26.3 Å². The molecular formula is C40H49N5O6. The smallest absolute Gasteiger partial charge is 0.410 e. The number of aromatic nitrogens is 2. The molecule has 0 saturated carbocycles. The Bertz CT molecular complexity index is 1860. The van der Waals surface area contributed by atoms with E-state index < -0.39 is 11.2 Å². The Balaban J connectivity index is 1.09. The van der Waals surface area contributed by atoms with Gasteiger partial charge in [-0.05, 0) is 103 Å². The molecule has 270 valence electrons. The summed E-state index contributed by atoms with van der Waals surface area (Å²) in [4.78, 5) is 42.4. The van der Waals surface area contributed by atoms with Crippen molar-refractivity contribution in [1.29, 1.82) is 0 Å². The van der Waals surface area contributed by atoms with Crippen LogP contribution in [0.25, 0.3) is 28.0 Å². The van der Waals surface area contributed by atoms with Gasteiger partial charge in [-0.1, -0.05) is 12.1 Å². The van der Waals surface area contributed by atoms with Gasteiger partial charge in [0.1, 0.15) is 28.5 Å². The maximum Gasteiger partial charge on any atom is 0.410 e. The Hall–Kier alpha value is -4.80. The molecule has 2 fully saturated rings. The second kappa shape index (κ2) is 13.7. The third-order valence-corrected chi connectivity index (χ3v) is 9.55. The van der Waals surface area contributed by atoms with E-state index in [4.69, 9.17) is 28.9 Å². The van der Waals surface area contributed by atoms with Crippen molar-refractivity contribution >= 4 is 23.5 Å². The van der Waals surface area contributed by atoms with Crippen LogP contribution in [0.4, 0.5) is 9.59 Å². The Labute approximate surface area is 300 Å². The maximum atomic E-state index is 12.9. The van der Waals surface area contributed by atoms with Crippen LogP contribution in [0.15, 0.2) is 53.8 Å². The minimum Gasteiger partial charge on any atom is -0.493 e. The van der Waals surface area contributed by atoms with Crippen LogP contribution < -0.4 is 9.47 Å². The predicted molar refractivity (Wildman–Crippen MR) is 196 cm³/mol. The summed E-state index contributed by atoms with van der Waals surface area (Å²) >= 11 is 0. The van der Waals surface area contributed by atoms with Crippen LogP contribution in [0.3, 0.4) is 0 Å². The number of aromatic amines is 1. The molecule has 2 amide bonds. The standard InChI is InChI=1S/C40H49N5O6/c1-39(2,3)50-37(46)44-16-7-10-32(44)30-20-27(23-41-30)25-12-14-28-29-15-13-26(22-35(29)49-19-9-18-48-34(28)21-25)31-24-42-36(43-31)33-11-8-17-45(33)38(47)51-40(4,5)6/h12-15,21-24,32-33H,7-11,16-20H2,1-6H3,(H,42,43)/t32-,33-/m0/s1. The molecule has 2 aromatic carbocycles. The SMILES string of the molecule is CC(C)(C)OC(=O)N1CCC[C@H]1C1=NC=C(c2ccc3c(c2)OCCCOc2cc(-c4cnc([C@@H]5CCCN5C(=O)OC(C)(C)C)[nH]4)ccc2-3)C1. The largest absolute Gasteiger partial charge is 0.493 e. The zero-order valence-corrected chi connectivity index (χ0v) is 30.6. The van der Waals surface area contributed by atoms with E-state index in [9.17, 15) is 9.59 Å². The summed E-state index contributed by atoms with van der Waals surface area (Å²) in [6, 6.07) is 12.3. The fourth-order valence-corrected chi connectivity index (χ4v) is 7.24. The van der Waals surface area contributed by atoms with E-state index in [-0.39, 0.29) is 24.3 Å². The third-order valence-electron chi connectivity index (χ3n) is 9.55. The Kier molecular flexibility index (Phi) is 9.32. The molecule has 0 radical (unpaired) electrons. The molecule has 1 N–H and O–H groups in total. The average Bonchev–Trinajstić information content (AvgIpc) is 3.88. The molecule has 2 atom stereocenters. The summed E-state index contributed by atoms with van der Waals surface area (Å²) in [5.74, 6) is 2.32. The van der Waals surface area contributed by atoms with Crippen molar-refractivity contribution in [3.8, 4) is 33.9 Å². The van der Waals surface area contributed by atoms with Crippen LogP contribution in [0.2, 0.25) is 0 Å². The zero-order valence-electron chi connectivity index (χ0n) is 30.6. The molecule has 2 saturated heterocycles. The van der Waals surface area contributed by atoms with Gasteiger partial charge in [-0.2, -0.15) is 0 Å². The second-order valence-corrected chi connectivity index (χ2v) is 15.8. The van der Waals surface area contributed by atoms with Gasteiger partial charge in [0.15, 0.2) is 0 Å². The molecule has 7 rings (SSSR count). The summed E-state index contributed by atoms with van der Waals surface area (Å²) in [5.41, 5.74) is 5.75. The minimum absolute atomic E-state index is 0.0519. The number of rotatable bonds is 4. The number of nitrogens with one attached hydrogen (secondary N) is 1. The van der Waals surface area contributed by atoms with Gasteiger partial charge in [0.05, 0.1) is 37.2 Å². The van der Waals surface area contributed by atoms with E-state index in [0.29, 0.717) is 32.7 Å². The van der Waals surface area contributed by atoms with Gasteiger partial charge in [0.25, 0.3) is 0 Å². The molecular weight excluding hydrogens is 646 g/mol. The molecule has 11 heteroatoms. The van der Waals surface area contributed by atoms with Crippen LogP contribution in [0.5, 0.6) is 11.5 Å². The monoisotopic (exact) mass is 695 g/mol. The number of imidazole rings is 1. The Morgan fingerprint density at radius 1 is 0.784 bits per heavy atom. The predicted octanol–water partition coefficient (Wildman–Crippen LogP) is 8.56. The van der Waals surface area contributed by atoms with Gasteiger partial charge in [-0.3, -0.25) is 14.8 Å². The first-order valence-corrected chi connectivity index (χ1v) is 18.2. The van der Waals surface area contributed by atoms with Gasteiger partial charge in [0.2, 0.25) is 0 Å². The van der Waals surface area contributed by atoms with Gasteiger partial charge in [-0.15, -0.1) is 0 Å². The first-order chi connectivity index (χ1) is 24.3. The van der Waals surface area contributed by atoms with Gasteiger partial charge < -0.3 is 23.9 Å². The number of likely N-dealkylation sites (tertiary alicyclic amines) is 2. The van der Waals surface area contributed by atoms with Crippen LogP contribution in [-0.4, -0.2) is 81.2 Å². The Morgan fingerprint density at radius 2 is 1.35 bits per heavy atom. The van der Waals surface area contributed by atoms with E-state index in [1.807, 2.05) is 64.9 Å². The number of hydrogen-bond acceptors (Lipinski definition) is 8. The molecule has 0 unspecified atom stereocenters. The van der Waals surface area contributed by atoms with E-state index in [1.54, 1.807) is 4.90 Å². The van der Waals surface area contributed by atoms with Gasteiger partial charge in [0, 0.05) is 54.5 Å². The lowest BCUT2D eigenvalue weighted by Crippen LogP contribution is -2.43. The highest BCUT2D eigenvalue weighted by Gasteiger charge is 2.37. The lowest BCUT2D eigenvalue weighted by Gasteiger charge is -2.28. The third kappa shape index (κ3) is 7.62. The highest BCUT2D eigenvalue weighted by Crippen LogP contribution is 2.42. The molecule has 1 aromatic heterocycles. The van der Waals surface area contributed by atoms with Crippen molar-refractivity contribution in [2.24, 2.45) is 4.99 Å². The number of ether oxygens (including phenoxy) is 4. The van der Waals surface area contributed by atoms with E-state index in [1.165, 1.54) is 0 Å². The average molecular weight is 696 g/mol. The molecule has 51 heavy (non-hydrogen) atoms. The first-order valence-electron chi connectivity index (χ1n) is 18.2. The summed E-state index contributed by atoms with van der Waals surface area (Å²) in [6.45, 7) is 13.7. The highest BCUT2D eigenvalue weighted by molar-refractivity contribution is 6.03. The minimum atomic E-state index is -0.558. The van der Waals surface area contributed by atoms with E-state index in [2.05, 4.69) is 35.3 Å². The van der Waals surface area contributed by atoms with Gasteiger partial charge in [-0.25, -0.2) is 14.6 Å². The second-order valence-electron chi connectivity index (χ2n) is 15.8.